The first-order chi connectivity index (χ1) is 8.30. The number of likely N-dealkylation sites (N-methyl/N-ethyl adjacent to an activating group) is 1. The SMILES string of the molecule is CCN(C(=O)c1cccc(C)n1)C(C)(C)C(=O)O. The Kier molecular flexibility index (Phi) is 4.06. The summed E-state index contributed by atoms with van der Waals surface area (Å²) in [5.74, 6) is -1.40. The molecule has 5 nitrogen and oxygen atoms in total. The Morgan fingerprint density at radius 1 is 1.39 bits per heavy atom. The number of rotatable bonds is 4. The van der Waals surface area contributed by atoms with E-state index in [0.717, 1.165) is 5.69 Å². The summed E-state index contributed by atoms with van der Waals surface area (Å²) in [7, 11) is 0. The molecule has 18 heavy (non-hydrogen) atoms. The summed E-state index contributed by atoms with van der Waals surface area (Å²) in [4.78, 5) is 28.9. The van der Waals surface area contributed by atoms with E-state index in [2.05, 4.69) is 4.98 Å². The monoisotopic (exact) mass is 250 g/mol. The number of carboxylic acids is 1. The molecule has 98 valence electrons. The van der Waals surface area contributed by atoms with Crippen molar-refractivity contribution in [2.45, 2.75) is 33.2 Å². The first kappa shape index (κ1) is 14.2. The molecular formula is C13H18N2O3. The van der Waals surface area contributed by atoms with Gasteiger partial charge in [-0.05, 0) is 39.8 Å². The van der Waals surface area contributed by atoms with E-state index >= 15 is 0 Å². The summed E-state index contributed by atoms with van der Waals surface area (Å²) in [6.07, 6.45) is 0. The lowest BCUT2D eigenvalue weighted by Gasteiger charge is -2.33. The van der Waals surface area contributed by atoms with Crippen molar-refractivity contribution >= 4 is 11.9 Å². The highest BCUT2D eigenvalue weighted by Gasteiger charge is 2.37. The molecular weight excluding hydrogens is 232 g/mol. The number of carbonyl (C=O) groups excluding carboxylic acids is 1. The number of hydrogen-bond donors (Lipinski definition) is 1. The Bertz CT molecular complexity index is 469. The second-order valence-corrected chi connectivity index (χ2v) is 4.58. The molecule has 0 saturated heterocycles. The number of carbonyl (C=O) groups is 2. The lowest BCUT2D eigenvalue weighted by Crippen LogP contribution is -2.53. The van der Waals surface area contributed by atoms with E-state index in [9.17, 15) is 14.7 Å². The van der Waals surface area contributed by atoms with Gasteiger partial charge in [-0.2, -0.15) is 0 Å². The van der Waals surface area contributed by atoms with E-state index in [1.807, 2.05) is 0 Å². The molecule has 1 amide bonds. The molecule has 1 N–H and O–H groups in total. The maximum absolute atomic E-state index is 12.3. The van der Waals surface area contributed by atoms with Gasteiger partial charge in [-0.3, -0.25) is 4.79 Å². The van der Waals surface area contributed by atoms with Crippen LogP contribution in [0, 0.1) is 6.92 Å². The molecule has 0 spiro atoms. The first-order valence-electron chi connectivity index (χ1n) is 5.79. The third kappa shape index (κ3) is 2.67. The Labute approximate surface area is 106 Å². The molecule has 0 aromatic carbocycles. The fourth-order valence-electron chi connectivity index (χ4n) is 1.71. The highest BCUT2D eigenvalue weighted by atomic mass is 16.4. The van der Waals surface area contributed by atoms with Crippen LogP contribution in [0.25, 0.3) is 0 Å². The maximum atomic E-state index is 12.3. The van der Waals surface area contributed by atoms with E-state index in [1.54, 1.807) is 32.0 Å². The van der Waals surface area contributed by atoms with Crippen molar-refractivity contribution in [2.24, 2.45) is 0 Å². The smallest absolute Gasteiger partial charge is 0.329 e. The molecule has 1 aromatic heterocycles. The lowest BCUT2D eigenvalue weighted by atomic mass is 10.0. The third-order valence-corrected chi connectivity index (χ3v) is 2.87. The molecule has 0 atom stereocenters. The lowest BCUT2D eigenvalue weighted by molar-refractivity contribution is -0.147. The van der Waals surface area contributed by atoms with Crippen LogP contribution in [0.3, 0.4) is 0 Å². The molecule has 0 aliphatic carbocycles. The van der Waals surface area contributed by atoms with Crippen molar-refractivity contribution in [1.29, 1.82) is 0 Å². The standard InChI is InChI=1S/C13H18N2O3/c1-5-15(13(3,4)12(17)18)11(16)10-8-6-7-9(2)14-10/h6-8H,5H2,1-4H3,(H,17,18). The normalized spacial score (nSPS) is 11.1. The molecule has 1 rings (SSSR count). The van der Waals surface area contributed by atoms with Crippen LogP contribution in [0.4, 0.5) is 0 Å². The van der Waals surface area contributed by atoms with Gasteiger partial charge in [0.05, 0.1) is 0 Å². The van der Waals surface area contributed by atoms with Crippen molar-refractivity contribution < 1.29 is 14.7 Å². The summed E-state index contributed by atoms with van der Waals surface area (Å²) < 4.78 is 0. The molecule has 0 unspecified atom stereocenters. The minimum atomic E-state index is -1.25. The van der Waals surface area contributed by atoms with Gasteiger partial charge in [0.2, 0.25) is 0 Å². The number of hydrogen-bond acceptors (Lipinski definition) is 3. The van der Waals surface area contributed by atoms with E-state index < -0.39 is 11.5 Å². The fraction of sp³-hybridized carbons (Fsp3) is 0.462. The second-order valence-electron chi connectivity index (χ2n) is 4.58. The predicted molar refractivity (Wildman–Crippen MR) is 67.4 cm³/mol. The van der Waals surface area contributed by atoms with Crippen LogP contribution in [-0.4, -0.2) is 39.0 Å². The summed E-state index contributed by atoms with van der Waals surface area (Å²) >= 11 is 0. The number of amides is 1. The highest BCUT2D eigenvalue weighted by molar-refractivity contribution is 5.96. The Hall–Kier alpha value is -1.91. The summed E-state index contributed by atoms with van der Waals surface area (Å²) in [5, 5.41) is 9.18. The number of nitrogens with zero attached hydrogens (tertiary/aromatic N) is 2. The van der Waals surface area contributed by atoms with Crippen LogP contribution in [0.15, 0.2) is 18.2 Å². The maximum Gasteiger partial charge on any atom is 0.329 e. The Balaban J connectivity index is 3.11. The van der Waals surface area contributed by atoms with Crippen LogP contribution in [-0.2, 0) is 4.79 Å². The zero-order valence-electron chi connectivity index (χ0n) is 11.1. The van der Waals surface area contributed by atoms with Crippen LogP contribution in [0.5, 0.6) is 0 Å². The van der Waals surface area contributed by atoms with Gasteiger partial charge in [0.1, 0.15) is 11.2 Å². The molecule has 1 heterocycles. The van der Waals surface area contributed by atoms with Gasteiger partial charge in [-0.25, -0.2) is 9.78 Å². The molecule has 5 heteroatoms. The minimum absolute atomic E-state index is 0.270. The number of carboxylic acid groups (broad SMARTS) is 1. The molecule has 0 saturated carbocycles. The Morgan fingerprint density at radius 2 is 2.00 bits per heavy atom. The average Bonchev–Trinajstić information content (AvgIpc) is 2.29. The van der Waals surface area contributed by atoms with Crippen molar-refractivity contribution in [3.05, 3.63) is 29.6 Å². The van der Waals surface area contributed by atoms with Crippen molar-refractivity contribution in [3.63, 3.8) is 0 Å². The second kappa shape index (κ2) is 5.16. The fourth-order valence-corrected chi connectivity index (χ4v) is 1.71. The quantitative estimate of drug-likeness (QED) is 0.883. The first-order valence-corrected chi connectivity index (χ1v) is 5.79. The van der Waals surface area contributed by atoms with E-state index in [0.29, 0.717) is 6.54 Å². The molecule has 0 aliphatic rings. The number of pyridine rings is 1. The van der Waals surface area contributed by atoms with Crippen LogP contribution < -0.4 is 0 Å². The Morgan fingerprint density at radius 3 is 2.44 bits per heavy atom. The summed E-state index contributed by atoms with van der Waals surface area (Å²) in [6, 6.07) is 5.11. The van der Waals surface area contributed by atoms with Gasteiger partial charge in [-0.1, -0.05) is 6.07 Å². The molecule has 1 aromatic rings. The predicted octanol–water partition coefficient (Wildman–Crippen LogP) is 1.72. The van der Waals surface area contributed by atoms with Gasteiger partial charge in [0.25, 0.3) is 5.91 Å². The van der Waals surface area contributed by atoms with E-state index in [-0.39, 0.29) is 11.6 Å². The van der Waals surface area contributed by atoms with Gasteiger partial charge < -0.3 is 10.0 Å². The highest BCUT2D eigenvalue weighted by Crippen LogP contribution is 2.17. The van der Waals surface area contributed by atoms with Crippen LogP contribution in [0.2, 0.25) is 0 Å². The summed E-state index contributed by atoms with van der Waals surface area (Å²) in [5.41, 5.74) is -0.256. The van der Waals surface area contributed by atoms with Gasteiger partial charge in [0, 0.05) is 12.2 Å². The largest absolute Gasteiger partial charge is 0.480 e. The van der Waals surface area contributed by atoms with Crippen LogP contribution >= 0.6 is 0 Å². The molecule has 0 radical (unpaired) electrons. The van der Waals surface area contributed by atoms with Crippen molar-refractivity contribution in [2.75, 3.05) is 6.54 Å². The van der Waals surface area contributed by atoms with Crippen LogP contribution in [0.1, 0.15) is 37.0 Å². The average molecular weight is 250 g/mol. The molecule has 0 fully saturated rings. The third-order valence-electron chi connectivity index (χ3n) is 2.87. The van der Waals surface area contributed by atoms with Gasteiger partial charge >= 0.3 is 5.97 Å². The number of aliphatic carboxylic acids is 1. The summed E-state index contributed by atoms with van der Waals surface area (Å²) in [6.45, 7) is 6.86. The zero-order chi connectivity index (χ0) is 13.9. The number of aromatic nitrogens is 1. The van der Waals surface area contributed by atoms with Gasteiger partial charge in [-0.15, -0.1) is 0 Å². The number of aryl methyl sites for hydroxylation is 1. The van der Waals surface area contributed by atoms with E-state index in [1.165, 1.54) is 18.7 Å². The minimum Gasteiger partial charge on any atom is -0.480 e. The molecule has 0 aliphatic heterocycles. The van der Waals surface area contributed by atoms with E-state index in [4.69, 9.17) is 0 Å². The van der Waals surface area contributed by atoms with Crippen molar-refractivity contribution in [3.8, 4) is 0 Å². The molecule has 0 bridgehead atoms. The topological polar surface area (TPSA) is 70.5 Å². The van der Waals surface area contributed by atoms with Crippen molar-refractivity contribution in [1.82, 2.24) is 9.88 Å². The zero-order valence-corrected chi connectivity index (χ0v) is 11.1. The van der Waals surface area contributed by atoms with Gasteiger partial charge in [0.15, 0.2) is 0 Å².